The number of aromatic nitrogens is 2. The molecule has 1 heterocycles. The van der Waals surface area contributed by atoms with Crippen molar-refractivity contribution < 1.29 is 4.39 Å². The molecule has 0 unspecified atom stereocenters. The first kappa shape index (κ1) is 11.8. The second-order valence-electron chi connectivity index (χ2n) is 3.80. The van der Waals surface area contributed by atoms with Crippen LogP contribution in [0.25, 0.3) is 5.69 Å². The van der Waals surface area contributed by atoms with Gasteiger partial charge in [-0.2, -0.15) is 5.10 Å². The summed E-state index contributed by atoms with van der Waals surface area (Å²) in [6.07, 6.45) is 4.23. The van der Waals surface area contributed by atoms with Crippen molar-refractivity contribution >= 4 is 0 Å². The molecule has 2 rings (SSSR count). The molecule has 0 radical (unpaired) electrons. The van der Waals surface area contributed by atoms with Crippen molar-refractivity contribution in [1.82, 2.24) is 15.1 Å². The Morgan fingerprint density at radius 3 is 2.88 bits per heavy atom. The molecule has 1 N–H and O–H groups in total. The molecule has 0 fully saturated rings. The number of rotatable bonds is 6. The van der Waals surface area contributed by atoms with Gasteiger partial charge in [0.05, 0.1) is 12.4 Å². The number of nitrogens with one attached hydrogen (secondary N) is 1. The standard InChI is InChI=1S/C13H16FN3/c14-7-3-8-15-11-12-5-1-2-6-13(12)17-10-4-9-16-17/h1-2,4-6,9-10,15H,3,7-8,11H2. The van der Waals surface area contributed by atoms with Crippen LogP contribution < -0.4 is 5.32 Å². The Labute approximate surface area is 100 Å². The normalized spacial score (nSPS) is 10.6. The zero-order valence-electron chi connectivity index (χ0n) is 9.64. The largest absolute Gasteiger partial charge is 0.312 e. The highest BCUT2D eigenvalue weighted by atomic mass is 19.1. The van der Waals surface area contributed by atoms with Crippen molar-refractivity contribution in [3.63, 3.8) is 0 Å². The fourth-order valence-corrected chi connectivity index (χ4v) is 1.71. The Balaban J connectivity index is 2.06. The minimum absolute atomic E-state index is 0.270. The number of benzene rings is 1. The highest BCUT2D eigenvalue weighted by molar-refractivity contribution is 5.40. The summed E-state index contributed by atoms with van der Waals surface area (Å²) in [6, 6.07) is 9.97. The van der Waals surface area contributed by atoms with Crippen molar-refractivity contribution in [2.75, 3.05) is 13.2 Å². The molecule has 0 amide bonds. The highest BCUT2D eigenvalue weighted by Crippen LogP contribution is 2.12. The van der Waals surface area contributed by atoms with E-state index in [9.17, 15) is 4.39 Å². The Hall–Kier alpha value is -1.68. The van der Waals surface area contributed by atoms with Gasteiger partial charge < -0.3 is 5.32 Å². The summed E-state index contributed by atoms with van der Waals surface area (Å²) in [5.74, 6) is 0. The fraction of sp³-hybridized carbons (Fsp3) is 0.308. The summed E-state index contributed by atoms with van der Waals surface area (Å²) < 4.78 is 13.8. The van der Waals surface area contributed by atoms with Gasteiger partial charge in [-0.3, -0.25) is 4.39 Å². The van der Waals surface area contributed by atoms with Gasteiger partial charge >= 0.3 is 0 Å². The van der Waals surface area contributed by atoms with E-state index in [-0.39, 0.29) is 6.67 Å². The molecular weight excluding hydrogens is 217 g/mol. The van der Waals surface area contributed by atoms with E-state index in [0.29, 0.717) is 13.0 Å². The first-order valence-corrected chi connectivity index (χ1v) is 5.76. The Morgan fingerprint density at radius 2 is 2.12 bits per heavy atom. The van der Waals surface area contributed by atoms with Crippen LogP contribution >= 0.6 is 0 Å². The van der Waals surface area contributed by atoms with E-state index in [1.54, 1.807) is 6.20 Å². The highest BCUT2D eigenvalue weighted by Gasteiger charge is 2.03. The van der Waals surface area contributed by atoms with Crippen LogP contribution in [-0.2, 0) is 6.54 Å². The van der Waals surface area contributed by atoms with Crippen LogP contribution in [0.3, 0.4) is 0 Å². The Bertz CT molecular complexity index is 440. The number of halogens is 1. The van der Waals surface area contributed by atoms with E-state index >= 15 is 0 Å². The van der Waals surface area contributed by atoms with Crippen LogP contribution in [0.2, 0.25) is 0 Å². The van der Waals surface area contributed by atoms with Crippen molar-refractivity contribution in [2.45, 2.75) is 13.0 Å². The second kappa shape index (κ2) is 6.15. The van der Waals surface area contributed by atoms with Crippen LogP contribution in [0.1, 0.15) is 12.0 Å². The number of para-hydroxylation sites is 1. The molecule has 0 saturated heterocycles. The average Bonchev–Trinajstić information content (AvgIpc) is 2.89. The lowest BCUT2D eigenvalue weighted by Gasteiger charge is -2.10. The van der Waals surface area contributed by atoms with E-state index in [4.69, 9.17) is 0 Å². The fourth-order valence-electron chi connectivity index (χ4n) is 1.71. The molecule has 0 aliphatic carbocycles. The van der Waals surface area contributed by atoms with Crippen molar-refractivity contribution in [3.05, 3.63) is 48.3 Å². The predicted octanol–water partition coefficient (Wildman–Crippen LogP) is 2.32. The third-order valence-electron chi connectivity index (χ3n) is 2.55. The zero-order chi connectivity index (χ0) is 11.9. The van der Waals surface area contributed by atoms with Crippen LogP contribution in [0, 0.1) is 0 Å². The van der Waals surface area contributed by atoms with Gasteiger partial charge in [-0.1, -0.05) is 18.2 Å². The van der Waals surface area contributed by atoms with Crippen LogP contribution in [0.15, 0.2) is 42.7 Å². The average molecular weight is 233 g/mol. The maximum atomic E-state index is 12.0. The molecule has 3 nitrogen and oxygen atoms in total. The topological polar surface area (TPSA) is 29.9 Å². The van der Waals surface area contributed by atoms with Gasteiger partial charge in [0.15, 0.2) is 0 Å². The summed E-state index contributed by atoms with van der Waals surface area (Å²) >= 11 is 0. The van der Waals surface area contributed by atoms with Gasteiger partial charge in [-0.15, -0.1) is 0 Å². The van der Waals surface area contributed by atoms with Gasteiger partial charge in [0.25, 0.3) is 0 Å². The third kappa shape index (κ3) is 3.14. The lowest BCUT2D eigenvalue weighted by Crippen LogP contribution is -2.16. The monoisotopic (exact) mass is 233 g/mol. The molecule has 0 bridgehead atoms. The van der Waals surface area contributed by atoms with Gasteiger partial charge in [0.1, 0.15) is 0 Å². The summed E-state index contributed by atoms with van der Waals surface area (Å²) in [4.78, 5) is 0. The summed E-state index contributed by atoms with van der Waals surface area (Å²) in [5, 5.41) is 7.44. The van der Waals surface area contributed by atoms with Crippen LogP contribution in [-0.4, -0.2) is 23.0 Å². The van der Waals surface area contributed by atoms with Gasteiger partial charge in [0.2, 0.25) is 0 Å². The van der Waals surface area contributed by atoms with E-state index in [1.165, 1.54) is 0 Å². The molecule has 1 aromatic heterocycles. The van der Waals surface area contributed by atoms with E-state index in [0.717, 1.165) is 17.8 Å². The zero-order valence-corrected chi connectivity index (χ0v) is 9.64. The molecule has 1 aromatic carbocycles. The van der Waals surface area contributed by atoms with Gasteiger partial charge in [-0.25, -0.2) is 4.68 Å². The van der Waals surface area contributed by atoms with Crippen LogP contribution in [0.4, 0.5) is 4.39 Å². The van der Waals surface area contributed by atoms with Crippen LogP contribution in [0.5, 0.6) is 0 Å². The maximum absolute atomic E-state index is 12.0. The molecule has 0 atom stereocenters. The van der Waals surface area contributed by atoms with Crippen molar-refractivity contribution in [1.29, 1.82) is 0 Å². The molecule has 4 heteroatoms. The minimum Gasteiger partial charge on any atom is -0.312 e. The summed E-state index contributed by atoms with van der Waals surface area (Å²) in [5.41, 5.74) is 2.22. The molecule has 0 saturated carbocycles. The SMILES string of the molecule is FCCCNCc1ccccc1-n1cccn1. The molecule has 0 aliphatic rings. The number of nitrogens with zero attached hydrogens (tertiary/aromatic N) is 2. The smallest absolute Gasteiger partial charge is 0.0906 e. The third-order valence-corrected chi connectivity index (χ3v) is 2.55. The quantitative estimate of drug-likeness (QED) is 0.776. The van der Waals surface area contributed by atoms with E-state index in [2.05, 4.69) is 16.5 Å². The Morgan fingerprint density at radius 1 is 1.24 bits per heavy atom. The minimum atomic E-state index is -0.270. The molecular formula is C13H16FN3. The van der Waals surface area contributed by atoms with E-state index < -0.39 is 0 Å². The van der Waals surface area contributed by atoms with Crippen molar-refractivity contribution in [3.8, 4) is 5.69 Å². The number of hydrogen-bond acceptors (Lipinski definition) is 2. The first-order chi connectivity index (χ1) is 8.42. The molecule has 0 aliphatic heterocycles. The maximum Gasteiger partial charge on any atom is 0.0906 e. The second-order valence-corrected chi connectivity index (χ2v) is 3.80. The number of alkyl halides is 1. The summed E-state index contributed by atoms with van der Waals surface area (Å²) in [6.45, 7) is 1.16. The lowest BCUT2D eigenvalue weighted by molar-refractivity contribution is 0.459. The number of hydrogen-bond donors (Lipinski definition) is 1. The Kier molecular flexibility index (Phi) is 4.27. The molecule has 17 heavy (non-hydrogen) atoms. The predicted molar refractivity (Wildman–Crippen MR) is 65.9 cm³/mol. The lowest BCUT2D eigenvalue weighted by atomic mass is 10.2. The van der Waals surface area contributed by atoms with Crippen molar-refractivity contribution in [2.24, 2.45) is 0 Å². The molecule has 90 valence electrons. The molecule has 2 aromatic rings. The molecule has 0 spiro atoms. The van der Waals surface area contributed by atoms with Gasteiger partial charge in [-0.05, 0) is 30.7 Å². The van der Waals surface area contributed by atoms with E-state index in [1.807, 2.05) is 35.1 Å². The summed E-state index contributed by atoms with van der Waals surface area (Å²) in [7, 11) is 0. The first-order valence-electron chi connectivity index (χ1n) is 5.76. The van der Waals surface area contributed by atoms with Gasteiger partial charge in [0, 0.05) is 18.9 Å².